The Labute approximate surface area is 119 Å². The number of carbonyl (C=O) groups is 1. The summed E-state index contributed by atoms with van der Waals surface area (Å²) in [5, 5.41) is 0. The summed E-state index contributed by atoms with van der Waals surface area (Å²) < 4.78 is 10.3. The molecule has 0 spiro atoms. The van der Waals surface area contributed by atoms with Gasteiger partial charge in [0, 0.05) is 19.1 Å². The number of hydrogen-bond acceptors (Lipinski definition) is 5. The minimum Gasteiger partial charge on any atom is -0.467 e. The van der Waals surface area contributed by atoms with Gasteiger partial charge in [0.25, 0.3) is 0 Å². The summed E-state index contributed by atoms with van der Waals surface area (Å²) in [6.07, 6.45) is 0. The molecular formula is C15H22N2O3. The summed E-state index contributed by atoms with van der Waals surface area (Å²) in [4.78, 5) is 14.4. The molecule has 0 aromatic heterocycles. The van der Waals surface area contributed by atoms with Crippen LogP contribution in [-0.4, -0.2) is 50.3 Å². The van der Waals surface area contributed by atoms with E-state index in [0.29, 0.717) is 19.8 Å². The van der Waals surface area contributed by atoms with Crippen LogP contribution in [0.1, 0.15) is 12.5 Å². The smallest absolute Gasteiger partial charge is 0.331 e. The number of esters is 1. The zero-order valence-corrected chi connectivity index (χ0v) is 12.0. The standard InChI is InChI=1S/C15H22N2O3/c1-12-10-20-9-8-17(12)11-15(16,14(18)19-2)13-6-4-3-5-7-13/h3-7,12H,8-11,16H2,1-2H3. The summed E-state index contributed by atoms with van der Waals surface area (Å²) in [6, 6.07) is 9.62. The monoisotopic (exact) mass is 278 g/mol. The van der Waals surface area contributed by atoms with Gasteiger partial charge in [0.1, 0.15) is 0 Å². The number of methoxy groups -OCH3 is 1. The Kier molecular flexibility index (Phi) is 4.75. The highest BCUT2D eigenvalue weighted by Crippen LogP contribution is 2.23. The zero-order chi connectivity index (χ0) is 14.6. The lowest BCUT2D eigenvalue weighted by Gasteiger charge is -2.39. The maximum Gasteiger partial charge on any atom is 0.331 e. The first-order valence-corrected chi connectivity index (χ1v) is 6.82. The molecule has 2 atom stereocenters. The van der Waals surface area contributed by atoms with Crippen molar-refractivity contribution in [1.29, 1.82) is 0 Å². The average Bonchev–Trinajstić information content (AvgIpc) is 2.49. The summed E-state index contributed by atoms with van der Waals surface area (Å²) >= 11 is 0. The quantitative estimate of drug-likeness (QED) is 0.823. The van der Waals surface area contributed by atoms with Crippen molar-refractivity contribution >= 4 is 5.97 Å². The Morgan fingerprint density at radius 2 is 2.20 bits per heavy atom. The second-order valence-electron chi connectivity index (χ2n) is 5.22. The Bertz CT molecular complexity index is 452. The van der Waals surface area contributed by atoms with E-state index in [-0.39, 0.29) is 6.04 Å². The van der Waals surface area contributed by atoms with Crippen LogP contribution in [0.3, 0.4) is 0 Å². The number of hydrogen-bond donors (Lipinski definition) is 1. The molecule has 1 aromatic carbocycles. The fourth-order valence-electron chi connectivity index (χ4n) is 2.51. The van der Waals surface area contributed by atoms with E-state index in [2.05, 4.69) is 11.8 Å². The molecule has 5 heteroatoms. The van der Waals surface area contributed by atoms with E-state index in [0.717, 1.165) is 12.1 Å². The van der Waals surface area contributed by atoms with Crippen molar-refractivity contribution in [2.45, 2.75) is 18.5 Å². The van der Waals surface area contributed by atoms with Gasteiger partial charge in [-0.2, -0.15) is 0 Å². The van der Waals surface area contributed by atoms with Crippen LogP contribution in [-0.2, 0) is 19.8 Å². The van der Waals surface area contributed by atoms with E-state index < -0.39 is 11.5 Å². The Balaban J connectivity index is 2.25. The highest BCUT2D eigenvalue weighted by molar-refractivity contribution is 5.82. The molecule has 0 radical (unpaired) electrons. The Morgan fingerprint density at radius 3 is 2.80 bits per heavy atom. The third-order valence-corrected chi connectivity index (χ3v) is 3.80. The first kappa shape index (κ1) is 15.0. The van der Waals surface area contributed by atoms with Crippen LogP contribution in [0.5, 0.6) is 0 Å². The molecule has 2 unspecified atom stereocenters. The first-order chi connectivity index (χ1) is 9.58. The highest BCUT2D eigenvalue weighted by Gasteiger charge is 2.40. The first-order valence-electron chi connectivity index (χ1n) is 6.82. The fraction of sp³-hybridized carbons (Fsp3) is 0.533. The van der Waals surface area contributed by atoms with E-state index in [1.807, 2.05) is 30.3 Å². The molecule has 20 heavy (non-hydrogen) atoms. The van der Waals surface area contributed by atoms with Crippen LogP contribution in [0.15, 0.2) is 30.3 Å². The van der Waals surface area contributed by atoms with E-state index in [1.54, 1.807) is 0 Å². The van der Waals surface area contributed by atoms with Gasteiger partial charge in [-0.3, -0.25) is 4.90 Å². The van der Waals surface area contributed by atoms with Crippen molar-refractivity contribution in [2.75, 3.05) is 33.4 Å². The van der Waals surface area contributed by atoms with Crippen LogP contribution in [0.2, 0.25) is 0 Å². The van der Waals surface area contributed by atoms with Gasteiger partial charge in [-0.25, -0.2) is 4.79 Å². The number of carbonyl (C=O) groups excluding carboxylic acids is 1. The lowest BCUT2D eigenvalue weighted by Crippen LogP contribution is -2.57. The van der Waals surface area contributed by atoms with Crippen LogP contribution < -0.4 is 5.73 Å². The SMILES string of the molecule is COC(=O)C(N)(CN1CCOCC1C)c1ccccc1. The zero-order valence-electron chi connectivity index (χ0n) is 12.0. The minimum absolute atomic E-state index is 0.236. The number of nitrogens with two attached hydrogens (primary N) is 1. The molecule has 5 nitrogen and oxygen atoms in total. The lowest BCUT2D eigenvalue weighted by atomic mass is 9.89. The van der Waals surface area contributed by atoms with Gasteiger partial charge in [0.2, 0.25) is 0 Å². The van der Waals surface area contributed by atoms with Crippen molar-refractivity contribution in [2.24, 2.45) is 5.73 Å². The molecule has 0 amide bonds. The Hall–Kier alpha value is -1.43. The van der Waals surface area contributed by atoms with Crippen molar-refractivity contribution in [3.63, 3.8) is 0 Å². The third kappa shape index (κ3) is 3.00. The predicted octanol–water partition coefficient (Wildman–Crippen LogP) is 0.734. The summed E-state index contributed by atoms with van der Waals surface area (Å²) in [5.41, 5.74) is 6.03. The topological polar surface area (TPSA) is 64.8 Å². The van der Waals surface area contributed by atoms with E-state index >= 15 is 0 Å². The van der Waals surface area contributed by atoms with Gasteiger partial charge in [-0.1, -0.05) is 30.3 Å². The molecular weight excluding hydrogens is 256 g/mol. The van der Waals surface area contributed by atoms with Gasteiger partial charge in [-0.05, 0) is 12.5 Å². The molecule has 0 bridgehead atoms. The van der Waals surface area contributed by atoms with Crippen LogP contribution >= 0.6 is 0 Å². The molecule has 1 saturated heterocycles. The number of benzene rings is 1. The van der Waals surface area contributed by atoms with Gasteiger partial charge in [0.05, 0.1) is 20.3 Å². The molecule has 1 aromatic rings. The van der Waals surface area contributed by atoms with Gasteiger partial charge >= 0.3 is 5.97 Å². The molecule has 2 N–H and O–H groups in total. The van der Waals surface area contributed by atoms with E-state index in [1.165, 1.54) is 7.11 Å². The lowest BCUT2D eigenvalue weighted by molar-refractivity contribution is -0.149. The molecule has 2 rings (SSSR count). The fourth-order valence-corrected chi connectivity index (χ4v) is 2.51. The van der Waals surface area contributed by atoms with Crippen LogP contribution in [0.25, 0.3) is 0 Å². The van der Waals surface area contributed by atoms with Crippen LogP contribution in [0.4, 0.5) is 0 Å². The molecule has 1 aliphatic rings. The van der Waals surface area contributed by atoms with E-state index in [4.69, 9.17) is 15.2 Å². The predicted molar refractivity (Wildman–Crippen MR) is 76.2 cm³/mol. The molecule has 0 aliphatic carbocycles. The van der Waals surface area contributed by atoms with Gasteiger partial charge in [0.15, 0.2) is 5.54 Å². The Morgan fingerprint density at radius 1 is 1.50 bits per heavy atom. The molecule has 110 valence electrons. The van der Waals surface area contributed by atoms with Crippen molar-refractivity contribution < 1.29 is 14.3 Å². The normalized spacial score (nSPS) is 23.1. The third-order valence-electron chi connectivity index (χ3n) is 3.80. The maximum absolute atomic E-state index is 12.2. The maximum atomic E-state index is 12.2. The second kappa shape index (κ2) is 6.35. The molecule has 0 saturated carbocycles. The second-order valence-corrected chi connectivity index (χ2v) is 5.22. The highest BCUT2D eigenvalue weighted by atomic mass is 16.5. The van der Waals surface area contributed by atoms with Crippen molar-refractivity contribution in [3.05, 3.63) is 35.9 Å². The van der Waals surface area contributed by atoms with Crippen molar-refractivity contribution in [3.8, 4) is 0 Å². The number of rotatable bonds is 4. The number of ether oxygens (including phenoxy) is 2. The number of morpholine rings is 1. The molecule has 1 fully saturated rings. The largest absolute Gasteiger partial charge is 0.467 e. The minimum atomic E-state index is -1.15. The van der Waals surface area contributed by atoms with Gasteiger partial charge in [-0.15, -0.1) is 0 Å². The summed E-state index contributed by atoms with van der Waals surface area (Å²) in [6.45, 7) is 4.59. The molecule has 1 heterocycles. The summed E-state index contributed by atoms with van der Waals surface area (Å²) in [5.74, 6) is -0.414. The molecule has 1 aliphatic heterocycles. The van der Waals surface area contributed by atoms with Crippen LogP contribution in [0, 0.1) is 0 Å². The average molecular weight is 278 g/mol. The van der Waals surface area contributed by atoms with Gasteiger partial charge < -0.3 is 15.2 Å². The number of nitrogens with zero attached hydrogens (tertiary/aromatic N) is 1. The van der Waals surface area contributed by atoms with E-state index in [9.17, 15) is 4.79 Å². The van der Waals surface area contributed by atoms with Crippen molar-refractivity contribution in [1.82, 2.24) is 4.90 Å². The summed E-state index contributed by atoms with van der Waals surface area (Å²) in [7, 11) is 1.37.